The van der Waals surface area contributed by atoms with Gasteiger partial charge in [0.2, 0.25) is 0 Å². The highest BCUT2D eigenvalue weighted by Gasteiger charge is 2.10. The van der Waals surface area contributed by atoms with Crippen LogP contribution >= 0.6 is 22.9 Å². The van der Waals surface area contributed by atoms with Crippen LogP contribution in [0.25, 0.3) is 0 Å². The van der Waals surface area contributed by atoms with Gasteiger partial charge < -0.3 is 11.1 Å². The second-order valence-electron chi connectivity index (χ2n) is 3.96. The first-order chi connectivity index (χ1) is 9.06. The molecule has 5 nitrogen and oxygen atoms in total. The van der Waals surface area contributed by atoms with E-state index in [1.54, 1.807) is 11.3 Å². The Balaban J connectivity index is 1.92. The SMILES string of the molecule is Cc1nc(CCNC(=O)c2cc(Cl)ncc2N)cs1. The van der Waals surface area contributed by atoms with Gasteiger partial charge in [0.25, 0.3) is 5.91 Å². The summed E-state index contributed by atoms with van der Waals surface area (Å²) in [6.07, 6.45) is 2.07. The lowest BCUT2D eigenvalue weighted by molar-refractivity contribution is 0.0955. The number of nitrogens with two attached hydrogens (primary N) is 1. The Bertz CT molecular complexity index is 599. The third-order valence-corrected chi connectivity index (χ3v) is 3.51. The van der Waals surface area contributed by atoms with E-state index in [1.165, 1.54) is 12.3 Å². The normalized spacial score (nSPS) is 10.4. The van der Waals surface area contributed by atoms with E-state index in [-0.39, 0.29) is 11.1 Å². The van der Waals surface area contributed by atoms with Gasteiger partial charge in [-0.25, -0.2) is 9.97 Å². The smallest absolute Gasteiger partial charge is 0.253 e. The number of hydrogen-bond donors (Lipinski definition) is 2. The molecule has 0 aromatic carbocycles. The van der Waals surface area contributed by atoms with Gasteiger partial charge in [-0.1, -0.05) is 11.6 Å². The van der Waals surface area contributed by atoms with Crippen LogP contribution in [-0.2, 0) is 6.42 Å². The summed E-state index contributed by atoms with van der Waals surface area (Å²) < 4.78 is 0. The van der Waals surface area contributed by atoms with Gasteiger partial charge in [-0.2, -0.15) is 0 Å². The molecule has 0 bridgehead atoms. The number of aryl methyl sites for hydroxylation is 1. The van der Waals surface area contributed by atoms with Crippen LogP contribution in [0.1, 0.15) is 21.1 Å². The number of rotatable bonds is 4. The number of pyridine rings is 1. The van der Waals surface area contributed by atoms with Crippen LogP contribution in [0.3, 0.4) is 0 Å². The average molecular weight is 297 g/mol. The van der Waals surface area contributed by atoms with Crippen LogP contribution in [0.2, 0.25) is 5.15 Å². The van der Waals surface area contributed by atoms with Crippen molar-refractivity contribution in [1.29, 1.82) is 0 Å². The van der Waals surface area contributed by atoms with E-state index in [1.807, 2.05) is 12.3 Å². The summed E-state index contributed by atoms with van der Waals surface area (Å²) in [5.74, 6) is -0.256. The Kier molecular flexibility index (Phi) is 4.34. The second-order valence-corrected chi connectivity index (χ2v) is 5.41. The van der Waals surface area contributed by atoms with Crippen molar-refractivity contribution in [1.82, 2.24) is 15.3 Å². The van der Waals surface area contributed by atoms with Gasteiger partial charge in [0.15, 0.2) is 0 Å². The Hall–Kier alpha value is -1.66. The topological polar surface area (TPSA) is 80.9 Å². The third kappa shape index (κ3) is 3.65. The minimum absolute atomic E-state index is 0.245. The molecule has 3 N–H and O–H groups in total. The van der Waals surface area contributed by atoms with Crippen molar-refractivity contribution in [3.05, 3.63) is 39.1 Å². The molecule has 2 rings (SSSR count). The summed E-state index contributed by atoms with van der Waals surface area (Å²) in [4.78, 5) is 20.0. The van der Waals surface area contributed by atoms with Crippen LogP contribution in [0.5, 0.6) is 0 Å². The molecule has 0 radical (unpaired) electrons. The van der Waals surface area contributed by atoms with Gasteiger partial charge in [-0.3, -0.25) is 4.79 Å². The van der Waals surface area contributed by atoms with Gasteiger partial charge in [0.1, 0.15) is 5.15 Å². The van der Waals surface area contributed by atoms with E-state index in [9.17, 15) is 4.79 Å². The van der Waals surface area contributed by atoms with Crippen molar-refractivity contribution in [2.24, 2.45) is 0 Å². The Labute approximate surface area is 119 Å². The van der Waals surface area contributed by atoms with Crippen LogP contribution in [0.4, 0.5) is 5.69 Å². The summed E-state index contributed by atoms with van der Waals surface area (Å²) in [5.41, 5.74) is 7.31. The fourth-order valence-corrected chi connectivity index (χ4v) is 2.36. The molecule has 1 amide bonds. The molecule has 7 heteroatoms. The van der Waals surface area contributed by atoms with E-state index in [0.29, 0.717) is 24.2 Å². The van der Waals surface area contributed by atoms with Crippen LogP contribution < -0.4 is 11.1 Å². The minimum Gasteiger partial charge on any atom is -0.397 e. The Morgan fingerprint density at radius 1 is 1.58 bits per heavy atom. The first-order valence-electron chi connectivity index (χ1n) is 5.66. The van der Waals surface area contributed by atoms with Gasteiger partial charge in [0, 0.05) is 18.3 Å². The van der Waals surface area contributed by atoms with E-state index in [2.05, 4.69) is 15.3 Å². The van der Waals surface area contributed by atoms with Crippen molar-refractivity contribution in [2.75, 3.05) is 12.3 Å². The van der Waals surface area contributed by atoms with Gasteiger partial charge in [-0.15, -0.1) is 11.3 Å². The predicted octanol–water partition coefficient (Wildman–Crippen LogP) is 2.05. The Morgan fingerprint density at radius 3 is 3.05 bits per heavy atom. The van der Waals surface area contributed by atoms with Gasteiger partial charge in [-0.05, 0) is 13.0 Å². The molecule has 0 aliphatic carbocycles. The molecule has 19 heavy (non-hydrogen) atoms. The van der Waals surface area contributed by atoms with Crippen molar-refractivity contribution in [3.63, 3.8) is 0 Å². The van der Waals surface area contributed by atoms with Crippen molar-refractivity contribution >= 4 is 34.5 Å². The standard InChI is InChI=1S/C12H13ClN4OS/c1-7-17-8(6-19-7)2-3-15-12(18)9-4-11(13)16-5-10(9)14/h4-6H,2-3,14H2,1H3,(H,15,18). The number of halogens is 1. The molecule has 0 aliphatic heterocycles. The maximum atomic E-state index is 11.9. The lowest BCUT2D eigenvalue weighted by Crippen LogP contribution is -2.26. The lowest BCUT2D eigenvalue weighted by Gasteiger charge is -2.06. The maximum Gasteiger partial charge on any atom is 0.253 e. The number of anilines is 1. The first kappa shape index (κ1) is 13.8. The van der Waals surface area contributed by atoms with E-state index in [4.69, 9.17) is 17.3 Å². The summed E-state index contributed by atoms with van der Waals surface area (Å²) in [6.45, 7) is 2.45. The Morgan fingerprint density at radius 2 is 2.37 bits per heavy atom. The highest BCUT2D eigenvalue weighted by atomic mass is 35.5. The molecule has 0 spiro atoms. The molecule has 2 heterocycles. The number of carbonyl (C=O) groups excluding carboxylic acids is 1. The number of carbonyl (C=O) groups is 1. The molecule has 0 atom stereocenters. The zero-order valence-corrected chi connectivity index (χ0v) is 11.9. The van der Waals surface area contributed by atoms with Gasteiger partial charge >= 0.3 is 0 Å². The fourth-order valence-electron chi connectivity index (χ4n) is 1.56. The van der Waals surface area contributed by atoms with Crippen LogP contribution in [-0.4, -0.2) is 22.4 Å². The number of thiazole rings is 1. The highest BCUT2D eigenvalue weighted by Crippen LogP contribution is 2.14. The molecular weight excluding hydrogens is 284 g/mol. The van der Waals surface area contributed by atoms with E-state index < -0.39 is 0 Å². The fraction of sp³-hybridized carbons (Fsp3) is 0.250. The number of nitrogen functional groups attached to an aromatic ring is 1. The molecule has 0 saturated heterocycles. The van der Waals surface area contributed by atoms with E-state index >= 15 is 0 Å². The van der Waals surface area contributed by atoms with Crippen molar-refractivity contribution in [3.8, 4) is 0 Å². The van der Waals surface area contributed by atoms with Gasteiger partial charge in [0.05, 0.1) is 28.1 Å². The molecule has 2 aromatic rings. The average Bonchev–Trinajstić information content (AvgIpc) is 2.78. The quantitative estimate of drug-likeness (QED) is 0.846. The number of nitrogens with zero attached hydrogens (tertiary/aromatic N) is 2. The summed E-state index contributed by atoms with van der Waals surface area (Å²) in [6, 6.07) is 1.46. The summed E-state index contributed by atoms with van der Waals surface area (Å²) in [7, 11) is 0. The summed E-state index contributed by atoms with van der Waals surface area (Å²) >= 11 is 7.33. The molecule has 0 aliphatic rings. The lowest BCUT2D eigenvalue weighted by atomic mass is 10.2. The number of amides is 1. The largest absolute Gasteiger partial charge is 0.397 e. The molecule has 0 unspecified atom stereocenters. The van der Waals surface area contributed by atoms with Crippen LogP contribution in [0.15, 0.2) is 17.6 Å². The number of hydrogen-bond acceptors (Lipinski definition) is 5. The summed E-state index contributed by atoms with van der Waals surface area (Å²) in [5, 5.41) is 6.03. The number of aromatic nitrogens is 2. The zero-order chi connectivity index (χ0) is 13.8. The molecule has 0 saturated carbocycles. The molecular formula is C12H13ClN4OS. The number of nitrogens with one attached hydrogen (secondary N) is 1. The molecule has 0 fully saturated rings. The van der Waals surface area contributed by atoms with E-state index in [0.717, 1.165) is 10.7 Å². The third-order valence-electron chi connectivity index (χ3n) is 2.48. The maximum absolute atomic E-state index is 11.9. The highest BCUT2D eigenvalue weighted by molar-refractivity contribution is 7.09. The zero-order valence-electron chi connectivity index (χ0n) is 10.3. The van der Waals surface area contributed by atoms with Crippen LogP contribution in [0, 0.1) is 6.92 Å². The molecule has 100 valence electrons. The molecule has 2 aromatic heterocycles. The second kappa shape index (κ2) is 5.99. The predicted molar refractivity (Wildman–Crippen MR) is 76.5 cm³/mol. The van der Waals surface area contributed by atoms with Crippen molar-refractivity contribution in [2.45, 2.75) is 13.3 Å². The monoisotopic (exact) mass is 296 g/mol. The first-order valence-corrected chi connectivity index (χ1v) is 6.92. The van der Waals surface area contributed by atoms with Crippen molar-refractivity contribution < 1.29 is 4.79 Å². The minimum atomic E-state index is -0.256.